The molecule has 2 aliphatic carbocycles. The summed E-state index contributed by atoms with van der Waals surface area (Å²) >= 11 is 0. The molecular formula is C15H29NO2. The summed E-state index contributed by atoms with van der Waals surface area (Å²) in [6.07, 6.45) is 9.99. The zero-order valence-electron chi connectivity index (χ0n) is 12.0. The van der Waals surface area contributed by atoms with E-state index in [1.54, 1.807) is 0 Å². The molecule has 3 nitrogen and oxygen atoms in total. The van der Waals surface area contributed by atoms with E-state index in [0.717, 1.165) is 25.2 Å². The van der Waals surface area contributed by atoms with Gasteiger partial charge in [-0.2, -0.15) is 0 Å². The first-order valence-corrected chi connectivity index (χ1v) is 7.59. The standard InChI is InChI=1S/C15H29NO2/c1-12-5-4-8-15(10-12,11-17)16-13-6-3-7-14(9-13)18-2/h12-14,16-17H,3-11H2,1-2H3. The number of hydrogen-bond acceptors (Lipinski definition) is 3. The highest BCUT2D eigenvalue weighted by Gasteiger charge is 2.37. The molecule has 2 rings (SSSR count). The highest BCUT2D eigenvalue weighted by molar-refractivity contribution is 4.95. The van der Waals surface area contributed by atoms with Crippen LogP contribution in [0.15, 0.2) is 0 Å². The van der Waals surface area contributed by atoms with E-state index in [4.69, 9.17) is 4.74 Å². The maximum absolute atomic E-state index is 9.82. The van der Waals surface area contributed by atoms with Crippen LogP contribution >= 0.6 is 0 Å². The highest BCUT2D eigenvalue weighted by Crippen LogP contribution is 2.34. The average Bonchev–Trinajstić information content (AvgIpc) is 2.39. The predicted molar refractivity (Wildman–Crippen MR) is 73.6 cm³/mol. The molecular weight excluding hydrogens is 226 g/mol. The Bertz CT molecular complexity index is 259. The largest absolute Gasteiger partial charge is 0.394 e. The molecule has 0 aliphatic heterocycles. The van der Waals surface area contributed by atoms with E-state index >= 15 is 0 Å². The van der Waals surface area contributed by atoms with Crippen LogP contribution in [0.5, 0.6) is 0 Å². The van der Waals surface area contributed by atoms with E-state index in [1.165, 1.54) is 32.1 Å². The molecule has 0 saturated heterocycles. The van der Waals surface area contributed by atoms with Crippen LogP contribution in [0.4, 0.5) is 0 Å². The van der Waals surface area contributed by atoms with Crippen LogP contribution in [0.25, 0.3) is 0 Å². The number of nitrogens with one attached hydrogen (secondary N) is 1. The van der Waals surface area contributed by atoms with Crippen molar-refractivity contribution in [2.75, 3.05) is 13.7 Å². The second-order valence-electron chi connectivity index (χ2n) is 6.51. The van der Waals surface area contributed by atoms with Gasteiger partial charge in [0.15, 0.2) is 0 Å². The van der Waals surface area contributed by atoms with Crippen LogP contribution in [-0.2, 0) is 4.74 Å². The van der Waals surface area contributed by atoms with Gasteiger partial charge in [0.25, 0.3) is 0 Å². The van der Waals surface area contributed by atoms with Crippen molar-refractivity contribution < 1.29 is 9.84 Å². The van der Waals surface area contributed by atoms with Crippen LogP contribution in [0.1, 0.15) is 58.3 Å². The lowest BCUT2D eigenvalue weighted by Crippen LogP contribution is -2.56. The van der Waals surface area contributed by atoms with Gasteiger partial charge in [0.2, 0.25) is 0 Å². The van der Waals surface area contributed by atoms with Crippen LogP contribution in [-0.4, -0.2) is 36.5 Å². The van der Waals surface area contributed by atoms with Crippen molar-refractivity contribution in [2.24, 2.45) is 5.92 Å². The van der Waals surface area contributed by atoms with Crippen molar-refractivity contribution in [3.8, 4) is 0 Å². The first-order chi connectivity index (χ1) is 8.67. The van der Waals surface area contributed by atoms with Crippen molar-refractivity contribution >= 4 is 0 Å². The zero-order chi connectivity index (χ0) is 13.0. The first kappa shape index (κ1) is 14.3. The fourth-order valence-corrected chi connectivity index (χ4v) is 3.90. The molecule has 4 unspecified atom stereocenters. The average molecular weight is 255 g/mol. The molecule has 2 N–H and O–H groups in total. The number of hydrogen-bond donors (Lipinski definition) is 2. The Morgan fingerprint density at radius 1 is 1.28 bits per heavy atom. The third kappa shape index (κ3) is 3.46. The summed E-state index contributed by atoms with van der Waals surface area (Å²) in [5.74, 6) is 0.736. The monoisotopic (exact) mass is 255 g/mol. The van der Waals surface area contributed by atoms with E-state index in [-0.39, 0.29) is 12.1 Å². The molecule has 0 aromatic rings. The number of aliphatic hydroxyl groups is 1. The van der Waals surface area contributed by atoms with Crippen molar-refractivity contribution in [3.63, 3.8) is 0 Å². The summed E-state index contributed by atoms with van der Waals surface area (Å²) in [5.41, 5.74) is -0.0159. The van der Waals surface area contributed by atoms with Crippen LogP contribution in [0.3, 0.4) is 0 Å². The minimum Gasteiger partial charge on any atom is -0.394 e. The van der Waals surface area contributed by atoms with Crippen LogP contribution < -0.4 is 5.32 Å². The molecule has 2 aliphatic rings. The molecule has 0 spiro atoms. The molecule has 18 heavy (non-hydrogen) atoms. The third-order valence-electron chi connectivity index (χ3n) is 4.86. The van der Waals surface area contributed by atoms with E-state index in [1.807, 2.05) is 7.11 Å². The Hall–Kier alpha value is -0.120. The van der Waals surface area contributed by atoms with Gasteiger partial charge in [0, 0.05) is 18.7 Å². The van der Waals surface area contributed by atoms with Crippen molar-refractivity contribution in [1.82, 2.24) is 5.32 Å². The van der Waals surface area contributed by atoms with E-state index in [9.17, 15) is 5.11 Å². The Morgan fingerprint density at radius 3 is 2.78 bits per heavy atom. The maximum Gasteiger partial charge on any atom is 0.0613 e. The van der Waals surface area contributed by atoms with E-state index < -0.39 is 0 Å². The van der Waals surface area contributed by atoms with Gasteiger partial charge < -0.3 is 15.2 Å². The van der Waals surface area contributed by atoms with Crippen LogP contribution in [0.2, 0.25) is 0 Å². The van der Waals surface area contributed by atoms with Gasteiger partial charge in [0.05, 0.1) is 12.7 Å². The lowest BCUT2D eigenvalue weighted by Gasteiger charge is -2.43. The second kappa shape index (κ2) is 6.36. The minimum atomic E-state index is -0.0159. The molecule has 0 radical (unpaired) electrons. The number of methoxy groups -OCH3 is 1. The summed E-state index contributed by atoms with van der Waals surface area (Å²) in [4.78, 5) is 0. The van der Waals surface area contributed by atoms with Gasteiger partial charge in [-0.3, -0.25) is 0 Å². The molecule has 0 heterocycles. The first-order valence-electron chi connectivity index (χ1n) is 7.59. The van der Waals surface area contributed by atoms with Gasteiger partial charge in [-0.1, -0.05) is 19.8 Å². The fraction of sp³-hybridized carbons (Fsp3) is 1.00. The number of aliphatic hydroxyl groups excluding tert-OH is 1. The molecule has 106 valence electrons. The summed E-state index contributed by atoms with van der Waals surface area (Å²) in [7, 11) is 1.82. The SMILES string of the molecule is COC1CCCC(NC2(CO)CCCC(C)C2)C1. The topological polar surface area (TPSA) is 41.5 Å². The van der Waals surface area contributed by atoms with E-state index in [2.05, 4.69) is 12.2 Å². The quantitative estimate of drug-likeness (QED) is 0.811. The minimum absolute atomic E-state index is 0.0159. The Labute approximate surface area is 111 Å². The predicted octanol–water partition coefficient (Wildman–Crippen LogP) is 2.47. The molecule has 0 aromatic heterocycles. The molecule has 3 heteroatoms. The Kier molecular flexibility index (Phi) is 5.05. The Balaban J connectivity index is 1.92. The third-order valence-corrected chi connectivity index (χ3v) is 4.86. The normalized spacial score (nSPS) is 41.8. The molecule has 2 saturated carbocycles. The number of rotatable bonds is 4. The smallest absolute Gasteiger partial charge is 0.0613 e. The van der Waals surface area contributed by atoms with Gasteiger partial charge >= 0.3 is 0 Å². The highest BCUT2D eigenvalue weighted by atomic mass is 16.5. The summed E-state index contributed by atoms with van der Waals surface area (Å²) in [5, 5.41) is 13.6. The lowest BCUT2D eigenvalue weighted by atomic mass is 9.75. The second-order valence-corrected chi connectivity index (χ2v) is 6.51. The van der Waals surface area contributed by atoms with Gasteiger partial charge in [-0.05, 0) is 44.4 Å². The zero-order valence-corrected chi connectivity index (χ0v) is 12.0. The van der Waals surface area contributed by atoms with Crippen molar-refractivity contribution in [1.29, 1.82) is 0 Å². The number of ether oxygens (including phenoxy) is 1. The summed E-state index contributed by atoms with van der Waals surface area (Å²) in [6, 6.07) is 0.529. The van der Waals surface area contributed by atoms with Gasteiger partial charge in [0.1, 0.15) is 0 Å². The summed E-state index contributed by atoms with van der Waals surface area (Å²) < 4.78 is 5.50. The molecule has 0 bridgehead atoms. The van der Waals surface area contributed by atoms with Crippen LogP contribution in [0, 0.1) is 5.92 Å². The van der Waals surface area contributed by atoms with Gasteiger partial charge in [-0.15, -0.1) is 0 Å². The Morgan fingerprint density at radius 2 is 2.11 bits per heavy atom. The lowest BCUT2D eigenvalue weighted by molar-refractivity contribution is 0.0345. The molecule has 0 aromatic carbocycles. The van der Waals surface area contributed by atoms with Gasteiger partial charge in [-0.25, -0.2) is 0 Å². The fourth-order valence-electron chi connectivity index (χ4n) is 3.90. The summed E-state index contributed by atoms with van der Waals surface area (Å²) in [6.45, 7) is 2.59. The molecule has 4 atom stereocenters. The van der Waals surface area contributed by atoms with E-state index in [0.29, 0.717) is 12.1 Å². The molecule has 2 fully saturated rings. The maximum atomic E-state index is 9.82. The van der Waals surface area contributed by atoms with Crippen molar-refractivity contribution in [2.45, 2.75) is 76.0 Å². The van der Waals surface area contributed by atoms with Crippen molar-refractivity contribution in [3.05, 3.63) is 0 Å². The molecule has 0 amide bonds.